The Bertz CT molecular complexity index is 538. The van der Waals surface area contributed by atoms with Gasteiger partial charge in [0.2, 0.25) is 0 Å². The molecule has 1 aliphatic carbocycles. The van der Waals surface area contributed by atoms with Crippen LogP contribution >= 0.6 is 0 Å². The van der Waals surface area contributed by atoms with Crippen LogP contribution in [0.25, 0.3) is 0 Å². The summed E-state index contributed by atoms with van der Waals surface area (Å²) in [6.45, 7) is 0.899. The molecule has 3 rings (SSSR count). The summed E-state index contributed by atoms with van der Waals surface area (Å²) in [5, 5.41) is 10.3. The van der Waals surface area contributed by atoms with Crippen LogP contribution in [0, 0.1) is 0 Å². The predicted molar refractivity (Wildman–Crippen MR) is 72.1 cm³/mol. The molecule has 100 valence electrons. The minimum atomic E-state index is 0.424. The molecule has 1 aromatic heterocycles. The molecule has 0 saturated carbocycles. The molecule has 5 nitrogen and oxygen atoms in total. The van der Waals surface area contributed by atoms with Gasteiger partial charge in [-0.2, -0.15) is 5.10 Å². The van der Waals surface area contributed by atoms with Gasteiger partial charge in [0.25, 0.3) is 0 Å². The first-order valence-electron chi connectivity index (χ1n) is 6.61. The monoisotopic (exact) mass is 258 g/mol. The standard InChI is InChI=1S/C14H18N4O/c1-19-11-4-2-10-3-5-13(12(10)8-11)15-7-6-14-16-9-17-18-14/h2,4,8-9,13,15H,3,5-7H2,1H3,(H,16,17,18). The zero-order chi connectivity index (χ0) is 13.1. The van der Waals surface area contributed by atoms with Crippen molar-refractivity contribution in [2.45, 2.75) is 25.3 Å². The maximum atomic E-state index is 5.30. The number of H-pyrrole nitrogens is 1. The van der Waals surface area contributed by atoms with Gasteiger partial charge in [0.1, 0.15) is 17.9 Å². The molecule has 0 bridgehead atoms. The Kier molecular flexibility index (Phi) is 3.46. The molecule has 0 radical (unpaired) electrons. The number of aromatic nitrogens is 3. The van der Waals surface area contributed by atoms with Crippen LogP contribution in [0.5, 0.6) is 5.75 Å². The normalized spacial score (nSPS) is 17.4. The van der Waals surface area contributed by atoms with Crippen molar-refractivity contribution in [2.24, 2.45) is 0 Å². The average Bonchev–Trinajstić information content (AvgIpc) is 3.08. The molecule has 1 aromatic carbocycles. The van der Waals surface area contributed by atoms with Crippen molar-refractivity contribution in [3.8, 4) is 5.75 Å². The summed E-state index contributed by atoms with van der Waals surface area (Å²) in [6.07, 6.45) is 4.71. The molecule has 1 unspecified atom stereocenters. The fraction of sp³-hybridized carbons (Fsp3) is 0.429. The van der Waals surface area contributed by atoms with E-state index < -0.39 is 0 Å². The molecule has 1 aliphatic rings. The van der Waals surface area contributed by atoms with Crippen LogP contribution in [0.15, 0.2) is 24.5 Å². The Morgan fingerprint density at radius 3 is 3.21 bits per heavy atom. The maximum absolute atomic E-state index is 5.30. The summed E-state index contributed by atoms with van der Waals surface area (Å²) >= 11 is 0. The van der Waals surface area contributed by atoms with Crippen molar-refractivity contribution in [3.05, 3.63) is 41.5 Å². The van der Waals surface area contributed by atoms with E-state index in [-0.39, 0.29) is 0 Å². The number of ether oxygens (including phenoxy) is 1. The lowest BCUT2D eigenvalue weighted by atomic mass is 10.1. The summed E-state index contributed by atoms with van der Waals surface area (Å²) < 4.78 is 5.30. The van der Waals surface area contributed by atoms with E-state index >= 15 is 0 Å². The second kappa shape index (κ2) is 5.40. The molecule has 2 N–H and O–H groups in total. The summed E-state index contributed by atoms with van der Waals surface area (Å²) in [5.41, 5.74) is 2.80. The highest BCUT2D eigenvalue weighted by Gasteiger charge is 2.22. The Hall–Kier alpha value is -1.88. The molecular formula is C14H18N4O. The number of benzene rings is 1. The van der Waals surface area contributed by atoms with Crippen LogP contribution in [0.3, 0.4) is 0 Å². The highest BCUT2D eigenvalue weighted by molar-refractivity contribution is 5.40. The highest BCUT2D eigenvalue weighted by atomic mass is 16.5. The average molecular weight is 258 g/mol. The van der Waals surface area contributed by atoms with Crippen molar-refractivity contribution < 1.29 is 4.74 Å². The number of hydrogen-bond acceptors (Lipinski definition) is 4. The fourth-order valence-corrected chi connectivity index (χ4v) is 2.64. The third-order valence-corrected chi connectivity index (χ3v) is 3.65. The van der Waals surface area contributed by atoms with Gasteiger partial charge in [0.15, 0.2) is 0 Å². The molecule has 19 heavy (non-hydrogen) atoms. The second-order valence-electron chi connectivity index (χ2n) is 4.79. The first kappa shape index (κ1) is 12.2. The Morgan fingerprint density at radius 2 is 2.42 bits per heavy atom. The van der Waals surface area contributed by atoms with Crippen molar-refractivity contribution >= 4 is 0 Å². The number of hydrogen-bond donors (Lipinski definition) is 2. The van der Waals surface area contributed by atoms with Crippen LogP contribution in [0.1, 0.15) is 29.4 Å². The molecule has 2 aromatic rings. The van der Waals surface area contributed by atoms with Gasteiger partial charge in [-0.25, -0.2) is 4.98 Å². The molecule has 0 amide bonds. The predicted octanol–water partition coefficient (Wildman–Crippen LogP) is 1.63. The van der Waals surface area contributed by atoms with Crippen LogP contribution in [0.4, 0.5) is 0 Å². The minimum absolute atomic E-state index is 0.424. The smallest absolute Gasteiger partial charge is 0.137 e. The van der Waals surface area contributed by atoms with E-state index in [1.807, 2.05) is 6.07 Å². The van der Waals surface area contributed by atoms with Crippen LogP contribution in [0.2, 0.25) is 0 Å². The van der Waals surface area contributed by atoms with E-state index in [0.29, 0.717) is 6.04 Å². The fourth-order valence-electron chi connectivity index (χ4n) is 2.64. The van der Waals surface area contributed by atoms with E-state index in [1.54, 1.807) is 13.4 Å². The maximum Gasteiger partial charge on any atom is 0.137 e. The van der Waals surface area contributed by atoms with Gasteiger partial charge in [0.05, 0.1) is 7.11 Å². The molecule has 1 heterocycles. The van der Waals surface area contributed by atoms with Crippen molar-refractivity contribution in [1.82, 2.24) is 20.5 Å². The SMILES string of the molecule is COc1ccc2c(c1)C(NCCc1ncn[nH]1)CC2. The molecule has 1 atom stereocenters. The number of aromatic amines is 1. The molecule has 0 aliphatic heterocycles. The van der Waals surface area contributed by atoms with Gasteiger partial charge in [-0.05, 0) is 36.1 Å². The minimum Gasteiger partial charge on any atom is -0.497 e. The topological polar surface area (TPSA) is 62.8 Å². The van der Waals surface area contributed by atoms with Gasteiger partial charge in [-0.15, -0.1) is 0 Å². The van der Waals surface area contributed by atoms with Crippen molar-refractivity contribution in [2.75, 3.05) is 13.7 Å². The quantitative estimate of drug-likeness (QED) is 0.855. The number of nitrogens with zero attached hydrogens (tertiary/aromatic N) is 2. The van der Waals surface area contributed by atoms with Gasteiger partial charge < -0.3 is 10.1 Å². The first-order valence-corrected chi connectivity index (χ1v) is 6.61. The molecular weight excluding hydrogens is 240 g/mol. The highest BCUT2D eigenvalue weighted by Crippen LogP contribution is 2.33. The number of nitrogens with one attached hydrogen (secondary N) is 2. The summed E-state index contributed by atoms with van der Waals surface area (Å²) in [4.78, 5) is 4.13. The third kappa shape index (κ3) is 2.61. The molecule has 0 saturated heterocycles. The van der Waals surface area contributed by atoms with Crippen molar-refractivity contribution in [1.29, 1.82) is 0 Å². The Balaban J connectivity index is 1.62. The molecule has 5 heteroatoms. The van der Waals surface area contributed by atoms with Crippen LogP contribution < -0.4 is 10.1 Å². The summed E-state index contributed by atoms with van der Waals surface area (Å²) in [5.74, 6) is 1.86. The van der Waals surface area contributed by atoms with Gasteiger partial charge >= 0.3 is 0 Å². The van der Waals surface area contributed by atoms with Crippen molar-refractivity contribution in [3.63, 3.8) is 0 Å². The van der Waals surface area contributed by atoms with Crippen LogP contribution in [-0.4, -0.2) is 28.8 Å². The lowest BCUT2D eigenvalue weighted by molar-refractivity contribution is 0.413. The second-order valence-corrected chi connectivity index (χ2v) is 4.79. The number of methoxy groups -OCH3 is 1. The number of aryl methyl sites for hydroxylation is 1. The zero-order valence-corrected chi connectivity index (χ0v) is 11.0. The number of rotatable bonds is 5. The third-order valence-electron chi connectivity index (χ3n) is 3.65. The van der Waals surface area contributed by atoms with Crippen LogP contribution in [-0.2, 0) is 12.8 Å². The number of fused-ring (bicyclic) bond motifs is 1. The Labute approximate surface area is 112 Å². The first-order chi connectivity index (χ1) is 9.36. The largest absolute Gasteiger partial charge is 0.497 e. The van der Waals surface area contributed by atoms with E-state index in [4.69, 9.17) is 4.74 Å². The summed E-state index contributed by atoms with van der Waals surface area (Å²) in [6, 6.07) is 6.78. The lowest BCUT2D eigenvalue weighted by Crippen LogP contribution is -2.22. The van der Waals surface area contributed by atoms with Gasteiger partial charge in [0, 0.05) is 19.0 Å². The van der Waals surface area contributed by atoms with E-state index in [1.165, 1.54) is 11.1 Å². The lowest BCUT2D eigenvalue weighted by Gasteiger charge is -2.14. The Morgan fingerprint density at radius 1 is 1.47 bits per heavy atom. The zero-order valence-electron chi connectivity index (χ0n) is 11.0. The van der Waals surface area contributed by atoms with E-state index in [9.17, 15) is 0 Å². The van der Waals surface area contributed by atoms with E-state index in [2.05, 4.69) is 32.6 Å². The van der Waals surface area contributed by atoms with Gasteiger partial charge in [-0.3, -0.25) is 5.10 Å². The van der Waals surface area contributed by atoms with Gasteiger partial charge in [-0.1, -0.05) is 6.07 Å². The molecule has 0 spiro atoms. The summed E-state index contributed by atoms with van der Waals surface area (Å²) in [7, 11) is 1.71. The van der Waals surface area contributed by atoms with E-state index in [0.717, 1.165) is 37.4 Å². The molecule has 0 fully saturated rings.